The average Bonchev–Trinajstić information content (AvgIpc) is 2.71. The van der Waals surface area contributed by atoms with Crippen LogP contribution in [0.25, 0.3) is 6.08 Å². The summed E-state index contributed by atoms with van der Waals surface area (Å²) < 4.78 is 0. The molecule has 1 heterocycles. The van der Waals surface area contributed by atoms with E-state index in [2.05, 4.69) is 70.0 Å². The normalized spacial score (nSPS) is 17.7. The lowest BCUT2D eigenvalue weighted by atomic mass is 9.78. The Morgan fingerprint density at radius 2 is 2.00 bits per heavy atom. The molecule has 1 N–H and O–H groups in total. The van der Waals surface area contributed by atoms with Gasteiger partial charge in [0.05, 0.1) is 0 Å². The molecule has 0 radical (unpaired) electrons. The summed E-state index contributed by atoms with van der Waals surface area (Å²) in [4.78, 5) is 15.4. The van der Waals surface area contributed by atoms with Crippen molar-refractivity contribution in [1.29, 1.82) is 5.26 Å². The number of nitrogens with one attached hydrogen (secondary N) is 1. The van der Waals surface area contributed by atoms with Crippen molar-refractivity contribution in [3.05, 3.63) is 64.2 Å². The third kappa shape index (κ3) is 4.58. The van der Waals surface area contributed by atoms with E-state index in [1.165, 1.54) is 11.3 Å². The first-order valence-electron chi connectivity index (χ1n) is 11.5. The minimum absolute atomic E-state index is 0.0781. The van der Waals surface area contributed by atoms with Gasteiger partial charge in [0.2, 0.25) is 0 Å². The van der Waals surface area contributed by atoms with E-state index in [4.69, 9.17) is 0 Å². The van der Waals surface area contributed by atoms with Crippen molar-refractivity contribution in [2.24, 2.45) is 0 Å². The second-order valence-corrected chi connectivity index (χ2v) is 9.78. The smallest absolute Gasteiger partial charge is 0.266 e. The van der Waals surface area contributed by atoms with Crippen molar-refractivity contribution < 1.29 is 4.79 Å². The predicted octanol–water partition coefficient (Wildman–Crippen LogP) is 6.60. The van der Waals surface area contributed by atoms with Crippen molar-refractivity contribution in [3.63, 3.8) is 0 Å². The molecule has 0 bridgehead atoms. The Kier molecular flexibility index (Phi) is 6.79. The highest BCUT2D eigenvalue weighted by Gasteiger charge is 2.37. The Hall–Kier alpha value is -3.06. The zero-order chi connectivity index (χ0) is 23.6. The summed E-state index contributed by atoms with van der Waals surface area (Å²) in [5.74, 6) is 0.0297. The molecule has 1 atom stereocenters. The van der Waals surface area contributed by atoms with Gasteiger partial charge >= 0.3 is 0 Å². The number of nitriles is 1. The number of fused-ring (bicyclic) bond motifs is 1. The highest BCUT2D eigenvalue weighted by atomic mass is 16.1. The van der Waals surface area contributed by atoms with E-state index in [1.54, 1.807) is 6.08 Å². The van der Waals surface area contributed by atoms with Gasteiger partial charge in [-0.1, -0.05) is 32.0 Å². The number of para-hydroxylation sites is 1. The Morgan fingerprint density at radius 3 is 2.62 bits per heavy atom. The van der Waals surface area contributed by atoms with Gasteiger partial charge in [-0.05, 0) is 99.9 Å². The van der Waals surface area contributed by atoms with Gasteiger partial charge < -0.3 is 10.2 Å². The topological polar surface area (TPSA) is 56.1 Å². The van der Waals surface area contributed by atoms with E-state index >= 15 is 0 Å². The van der Waals surface area contributed by atoms with Crippen LogP contribution in [0, 0.1) is 18.3 Å². The second-order valence-electron chi connectivity index (χ2n) is 9.78. The highest BCUT2D eigenvalue weighted by molar-refractivity contribution is 6.10. The molecular formula is C28H35N3O. The van der Waals surface area contributed by atoms with Crippen LogP contribution >= 0.6 is 0 Å². The molecule has 0 aliphatic carbocycles. The van der Waals surface area contributed by atoms with Gasteiger partial charge in [0, 0.05) is 23.0 Å². The molecule has 2 aromatic carbocycles. The van der Waals surface area contributed by atoms with E-state index in [0.717, 1.165) is 35.2 Å². The predicted molar refractivity (Wildman–Crippen MR) is 134 cm³/mol. The molecule has 0 fully saturated rings. The molecule has 32 heavy (non-hydrogen) atoms. The monoisotopic (exact) mass is 429 g/mol. The fraction of sp³-hybridized carbons (Fsp3) is 0.429. The fourth-order valence-electron chi connectivity index (χ4n) is 5.19. The van der Waals surface area contributed by atoms with E-state index in [0.29, 0.717) is 12.0 Å². The van der Waals surface area contributed by atoms with Crippen LogP contribution in [0.2, 0.25) is 0 Å². The molecule has 0 spiro atoms. The molecule has 4 heteroatoms. The van der Waals surface area contributed by atoms with Gasteiger partial charge in [-0.25, -0.2) is 0 Å². The summed E-state index contributed by atoms with van der Waals surface area (Å²) in [7, 11) is 0. The summed E-state index contributed by atoms with van der Waals surface area (Å²) in [5.41, 5.74) is 6.53. The number of aryl methyl sites for hydroxylation is 2. The summed E-state index contributed by atoms with van der Waals surface area (Å²) in [6.07, 6.45) is 3.60. The molecule has 168 valence electrons. The van der Waals surface area contributed by atoms with Crippen LogP contribution in [-0.2, 0) is 11.2 Å². The average molecular weight is 430 g/mol. The van der Waals surface area contributed by atoms with Crippen LogP contribution in [0.5, 0.6) is 0 Å². The fourth-order valence-corrected chi connectivity index (χ4v) is 5.19. The third-order valence-electron chi connectivity index (χ3n) is 6.49. The highest BCUT2D eigenvalue weighted by Crippen LogP contribution is 2.45. The summed E-state index contributed by atoms with van der Waals surface area (Å²) in [6, 6.07) is 14.6. The molecule has 0 saturated heterocycles. The van der Waals surface area contributed by atoms with Crippen molar-refractivity contribution in [2.45, 2.75) is 78.8 Å². The molecular weight excluding hydrogens is 394 g/mol. The first kappa shape index (κ1) is 23.6. The zero-order valence-corrected chi connectivity index (χ0v) is 20.4. The maximum absolute atomic E-state index is 12.9. The molecule has 2 aromatic rings. The molecule has 0 aromatic heterocycles. The number of nitrogens with zero attached hydrogens (tertiary/aromatic N) is 2. The maximum Gasteiger partial charge on any atom is 0.266 e. The van der Waals surface area contributed by atoms with Crippen molar-refractivity contribution in [2.75, 3.05) is 10.2 Å². The van der Waals surface area contributed by atoms with E-state index in [9.17, 15) is 10.1 Å². The summed E-state index contributed by atoms with van der Waals surface area (Å²) >= 11 is 0. The van der Waals surface area contributed by atoms with Crippen molar-refractivity contribution in [1.82, 2.24) is 0 Å². The standard InChI is InChI=1S/C28H35N3O/c1-8-21-11-9-10-12-25(21)30-27(32)23(17-29)14-22-15-24-20(5)16-28(6,7)31(18(2)3)26(24)13-19(22)4/h9-15,18,20H,8,16H2,1-7H3,(H,30,32)/b23-14-/t20-/m0/s1. The lowest BCUT2D eigenvalue weighted by Gasteiger charge is -2.50. The lowest BCUT2D eigenvalue weighted by Crippen LogP contribution is -2.51. The van der Waals surface area contributed by atoms with Gasteiger partial charge in [-0.3, -0.25) is 4.79 Å². The van der Waals surface area contributed by atoms with Crippen LogP contribution in [0.4, 0.5) is 11.4 Å². The molecule has 1 amide bonds. The molecule has 1 aliphatic heterocycles. The van der Waals surface area contributed by atoms with Crippen LogP contribution < -0.4 is 10.2 Å². The van der Waals surface area contributed by atoms with Crippen molar-refractivity contribution >= 4 is 23.4 Å². The Balaban J connectivity index is 2.00. The van der Waals surface area contributed by atoms with Crippen LogP contribution in [0.15, 0.2) is 42.0 Å². The van der Waals surface area contributed by atoms with E-state index in [1.807, 2.05) is 31.2 Å². The maximum atomic E-state index is 12.9. The van der Waals surface area contributed by atoms with E-state index in [-0.39, 0.29) is 17.0 Å². The second kappa shape index (κ2) is 9.20. The Bertz CT molecular complexity index is 1090. The van der Waals surface area contributed by atoms with E-state index < -0.39 is 0 Å². The molecule has 0 unspecified atom stereocenters. The number of hydrogen-bond donors (Lipinski definition) is 1. The quantitative estimate of drug-likeness (QED) is 0.430. The first-order chi connectivity index (χ1) is 15.1. The van der Waals surface area contributed by atoms with Gasteiger partial charge in [0.15, 0.2) is 0 Å². The minimum Gasteiger partial charge on any atom is -0.364 e. The summed E-state index contributed by atoms with van der Waals surface area (Å²) in [5, 5.41) is 12.7. The number of carbonyl (C=O) groups is 1. The summed E-state index contributed by atoms with van der Waals surface area (Å²) in [6.45, 7) is 15.4. The lowest BCUT2D eigenvalue weighted by molar-refractivity contribution is -0.112. The third-order valence-corrected chi connectivity index (χ3v) is 6.49. The number of hydrogen-bond acceptors (Lipinski definition) is 3. The Morgan fingerprint density at radius 1 is 1.31 bits per heavy atom. The number of anilines is 2. The van der Waals surface area contributed by atoms with Gasteiger partial charge in [0.1, 0.15) is 11.6 Å². The number of amides is 1. The van der Waals surface area contributed by atoms with Crippen LogP contribution in [0.3, 0.4) is 0 Å². The zero-order valence-electron chi connectivity index (χ0n) is 20.4. The molecule has 1 aliphatic rings. The van der Waals surface area contributed by atoms with Crippen LogP contribution in [0.1, 0.15) is 76.1 Å². The number of carbonyl (C=O) groups excluding carboxylic acids is 1. The van der Waals surface area contributed by atoms with Gasteiger partial charge in [-0.2, -0.15) is 5.26 Å². The number of benzene rings is 2. The largest absolute Gasteiger partial charge is 0.364 e. The first-order valence-corrected chi connectivity index (χ1v) is 11.5. The van der Waals surface area contributed by atoms with Gasteiger partial charge in [-0.15, -0.1) is 0 Å². The Labute approximate surface area is 192 Å². The number of rotatable bonds is 5. The molecule has 4 nitrogen and oxygen atoms in total. The SMILES string of the molecule is CCc1ccccc1NC(=O)/C(C#N)=C\c1cc2c(cc1C)N(C(C)C)C(C)(C)C[C@@H]2C. The molecule has 0 saturated carbocycles. The van der Waals surface area contributed by atoms with Crippen molar-refractivity contribution in [3.8, 4) is 6.07 Å². The van der Waals surface area contributed by atoms with Crippen LogP contribution in [-0.4, -0.2) is 17.5 Å². The minimum atomic E-state index is -0.372. The van der Waals surface area contributed by atoms with Gasteiger partial charge in [0.25, 0.3) is 5.91 Å². The molecule has 3 rings (SSSR count).